The zero-order chi connectivity index (χ0) is 17.3. The van der Waals surface area contributed by atoms with Gasteiger partial charge in [-0.15, -0.1) is 10.2 Å². The number of nitrogens with one attached hydrogen (secondary N) is 1. The molecule has 0 aromatic carbocycles. The van der Waals surface area contributed by atoms with E-state index in [-0.39, 0.29) is 0 Å². The first-order chi connectivity index (χ1) is 12.3. The maximum absolute atomic E-state index is 5.96. The number of fused-ring (bicyclic) bond motifs is 1. The molecule has 3 rings (SSSR count). The lowest BCUT2D eigenvalue weighted by molar-refractivity contribution is 0.0377. The molecule has 0 spiro atoms. The molecule has 140 valence electrons. The lowest BCUT2D eigenvalue weighted by atomic mass is 10.2. The van der Waals surface area contributed by atoms with E-state index in [1.165, 1.54) is 19.3 Å². The first kappa shape index (κ1) is 18.1. The zero-order valence-electron chi connectivity index (χ0n) is 15.1. The standard InChI is InChI=1S/C17H31N7O/c18-17(19-7-4-9-23-11-13-25-14-12-23)20-8-6-16-22-21-15-5-2-1-3-10-24(15)16/h1-14H2,(H3,18,19,20). The number of aromatic nitrogens is 3. The van der Waals surface area contributed by atoms with Gasteiger partial charge in [0, 0.05) is 52.1 Å². The lowest BCUT2D eigenvalue weighted by Gasteiger charge is -2.26. The summed E-state index contributed by atoms with van der Waals surface area (Å²) in [6.07, 6.45) is 6.63. The highest BCUT2D eigenvalue weighted by molar-refractivity contribution is 5.77. The predicted octanol–water partition coefficient (Wildman–Crippen LogP) is 0.174. The van der Waals surface area contributed by atoms with Crippen LogP contribution in [0, 0.1) is 0 Å². The van der Waals surface area contributed by atoms with E-state index in [0.717, 1.165) is 83.4 Å². The van der Waals surface area contributed by atoms with Crippen molar-refractivity contribution in [1.29, 1.82) is 0 Å². The third-order valence-electron chi connectivity index (χ3n) is 4.86. The molecule has 3 heterocycles. The molecule has 1 fully saturated rings. The molecule has 0 aliphatic carbocycles. The first-order valence-corrected chi connectivity index (χ1v) is 9.58. The molecule has 0 amide bonds. The number of aryl methyl sites for hydroxylation is 1. The summed E-state index contributed by atoms with van der Waals surface area (Å²) in [5.41, 5.74) is 5.96. The summed E-state index contributed by atoms with van der Waals surface area (Å²) in [5, 5.41) is 11.9. The molecule has 0 atom stereocenters. The Bertz CT molecular complexity index is 551. The molecule has 2 aliphatic heterocycles. The number of hydrogen-bond acceptors (Lipinski definition) is 5. The van der Waals surface area contributed by atoms with Gasteiger partial charge in [-0.2, -0.15) is 0 Å². The van der Waals surface area contributed by atoms with Crippen LogP contribution >= 0.6 is 0 Å². The molecule has 8 heteroatoms. The van der Waals surface area contributed by atoms with Gasteiger partial charge in [-0.25, -0.2) is 0 Å². The maximum Gasteiger partial charge on any atom is 0.188 e. The Morgan fingerprint density at radius 3 is 2.92 bits per heavy atom. The smallest absolute Gasteiger partial charge is 0.188 e. The number of ether oxygens (including phenoxy) is 1. The molecule has 1 saturated heterocycles. The highest BCUT2D eigenvalue weighted by atomic mass is 16.5. The van der Waals surface area contributed by atoms with Crippen LogP contribution in [0.5, 0.6) is 0 Å². The summed E-state index contributed by atoms with van der Waals surface area (Å²) in [5.74, 6) is 2.72. The second-order valence-electron chi connectivity index (χ2n) is 6.75. The van der Waals surface area contributed by atoms with Crippen LogP contribution in [0.25, 0.3) is 0 Å². The number of morpholine rings is 1. The molecule has 0 saturated carbocycles. The van der Waals surface area contributed by atoms with Gasteiger partial charge in [0.05, 0.1) is 13.2 Å². The highest BCUT2D eigenvalue weighted by Gasteiger charge is 2.14. The molecule has 2 aliphatic rings. The topological polar surface area (TPSA) is 93.6 Å². The van der Waals surface area contributed by atoms with E-state index in [1.807, 2.05) is 0 Å². The van der Waals surface area contributed by atoms with Crippen molar-refractivity contribution in [2.24, 2.45) is 10.7 Å². The van der Waals surface area contributed by atoms with Crippen molar-refractivity contribution in [2.45, 2.75) is 45.1 Å². The highest BCUT2D eigenvalue weighted by Crippen LogP contribution is 2.14. The normalized spacial score (nSPS) is 19.4. The molecular weight excluding hydrogens is 318 g/mol. The van der Waals surface area contributed by atoms with Crippen molar-refractivity contribution >= 4 is 5.96 Å². The van der Waals surface area contributed by atoms with E-state index >= 15 is 0 Å². The first-order valence-electron chi connectivity index (χ1n) is 9.58. The minimum Gasteiger partial charge on any atom is -0.379 e. The van der Waals surface area contributed by atoms with Gasteiger partial charge in [-0.05, 0) is 19.3 Å². The monoisotopic (exact) mass is 349 g/mol. The average molecular weight is 349 g/mol. The second-order valence-corrected chi connectivity index (χ2v) is 6.75. The SMILES string of the molecule is NC(=NCCCN1CCOCC1)NCCc1nnc2n1CCCCC2. The van der Waals surface area contributed by atoms with Gasteiger partial charge in [0.2, 0.25) is 0 Å². The van der Waals surface area contributed by atoms with Crippen LogP contribution in [0.4, 0.5) is 0 Å². The minimum absolute atomic E-state index is 0.526. The molecule has 0 radical (unpaired) electrons. The van der Waals surface area contributed by atoms with E-state index < -0.39 is 0 Å². The molecule has 8 nitrogen and oxygen atoms in total. The molecule has 3 N–H and O–H groups in total. The number of hydrogen-bond donors (Lipinski definition) is 2. The summed E-state index contributed by atoms with van der Waals surface area (Å²) in [7, 11) is 0. The van der Waals surface area contributed by atoms with Crippen molar-refractivity contribution in [3.63, 3.8) is 0 Å². The van der Waals surface area contributed by atoms with Gasteiger partial charge in [0.15, 0.2) is 5.96 Å². The Morgan fingerprint density at radius 1 is 1.16 bits per heavy atom. The fraction of sp³-hybridized carbons (Fsp3) is 0.824. The fourth-order valence-corrected chi connectivity index (χ4v) is 3.41. The fourth-order valence-electron chi connectivity index (χ4n) is 3.41. The van der Waals surface area contributed by atoms with Crippen molar-refractivity contribution in [1.82, 2.24) is 25.0 Å². The Labute approximate surface area is 149 Å². The number of rotatable bonds is 7. The Morgan fingerprint density at radius 2 is 2.04 bits per heavy atom. The maximum atomic E-state index is 5.96. The van der Waals surface area contributed by atoms with Gasteiger partial charge in [-0.1, -0.05) is 6.42 Å². The molecule has 25 heavy (non-hydrogen) atoms. The molecule has 1 aromatic rings. The zero-order valence-corrected chi connectivity index (χ0v) is 15.1. The number of nitrogens with zero attached hydrogens (tertiary/aromatic N) is 5. The van der Waals surface area contributed by atoms with Crippen LogP contribution in [0.15, 0.2) is 4.99 Å². The summed E-state index contributed by atoms with van der Waals surface area (Å²) in [6, 6.07) is 0. The van der Waals surface area contributed by atoms with Crippen LogP contribution in [-0.4, -0.2) is 71.6 Å². The summed E-state index contributed by atoms with van der Waals surface area (Å²) < 4.78 is 7.63. The van der Waals surface area contributed by atoms with Crippen LogP contribution in [0.3, 0.4) is 0 Å². The van der Waals surface area contributed by atoms with E-state index in [9.17, 15) is 0 Å². The Balaban J connectivity index is 1.33. The van der Waals surface area contributed by atoms with Gasteiger partial charge in [0.1, 0.15) is 11.6 Å². The van der Waals surface area contributed by atoms with Crippen molar-refractivity contribution in [2.75, 3.05) is 45.9 Å². The second kappa shape index (κ2) is 9.72. The number of aliphatic imine (C=N–C) groups is 1. The molecular formula is C17H31N7O. The average Bonchev–Trinajstić information content (AvgIpc) is 2.87. The number of nitrogens with two attached hydrogens (primary N) is 1. The van der Waals surface area contributed by atoms with Gasteiger partial charge < -0.3 is 20.4 Å². The summed E-state index contributed by atoms with van der Waals surface area (Å²) in [4.78, 5) is 6.83. The van der Waals surface area contributed by atoms with Crippen molar-refractivity contribution in [3.05, 3.63) is 11.6 Å². The summed E-state index contributed by atoms with van der Waals surface area (Å²) in [6.45, 7) is 7.36. The molecule has 0 unspecified atom stereocenters. The quantitative estimate of drug-likeness (QED) is 0.414. The Hall–Kier alpha value is -1.67. The van der Waals surface area contributed by atoms with Crippen LogP contribution < -0.4 is 11.1 Å². The molecule has 0 bridgehead atoms. The van der Waals surface area contributed by atoms with Gasteiger partial charge in [0.25, 0.3) is 0 Å². The molecule has 1 aromatic heterocycles. The van der Waals surface area contributed by atoms with Crippen LogP contribution in [0.2, 0.25) is 0 Å². The van der Waals surface area contributed by atoms with Gasteiger partial charge >= 0.3 is 0 Å². The number of guanidine groups is 1. The van der Waals surface area contributed by atoms with Gasteiger partial charge in [-0.3, -0.25) is 9.89 Å². The predicted molar refractivity (Wildman–Crippen MR) is 97.6 cm³/mol. The summed E-state index contributed by atoms with van der Waals surface area (Å²) >= 11 is 0. The largest absolute Gasteiger partial charge is 0.379 e. The van der Waals surface area contributed by atoms with Crippen molar-refractivity contribution in [3.8, 4) is 0 Å². The van der Waals surface area contributed by atoms with Crippen molar-refractivity contribution < 1.29 is 4.74 Å². The third-order valence-corrected chi connectivity index (χ3v) is 4.86. The van der Waals surface area contributed by atoms with E-state index in [1.54, 1.807) is 0 Å². The third kappa shape index (κ3) is 5.67. The van der Waals surface area contributed by atoms with E-state index in [2.05, 4.69) is 30.0 Å². The van der Waals surface area contributed by atoms with E-state index in [0.29, 0.717) is 5.96 Å². The Kier molecular flexibility index (Phi) is 7.05. The van der Waals surface area contributed by atoms with Crippen LogP contribution in [-0.2, 0) is 24.1 Å². The minimum atomic E-state index is 0.526. The van der Waals surface area contributed by atoms with Crippen LogP contribution in [0.1, 0.15) is 37.3 Å². The van der Waals surface area contributed by atoms with E-state index in [4.69, 9.17) is 10.5 Å². The lowest BCUT2D eigenvalue weighted by Crippen LogP contribution is -2.37.